The van der Waals surface area contributed by atoms with E-state index in [1.807, 2.05) is 48.5 Å². The van der Waals surface area contributed by atoms with Crippen LogP contribution in [0.5, 0.6) is 11.5 Å². The van der Waals surface area contributed by atoms with Crippen molar-refractivity contribution in [1.82, 2.24) is 30.0 Å². The van der Waals surface area contributed by atoms with Crippen molar-refractivity contribution in [3.8, 4) is 47.6 Å². The third-order valence-electron chi connectivity index (χ3n) is 9.78. The van der Waals surface area contributed by atoms with Crippen LogP contribution in [-0.4, -0.2) is 43.2 Å². The van der Waals surface area contributed by atoms with Crippen LogP contribution in [0.2, 0.25) is 0 Å². The fourth-order valence-electron chi connectivity index (χ4n) is 8.24. The number of rotatable bonds is 12. The van der Waals surface area contributed by atoms with Crippen molar-refractivity contribution in [2.75, 3.05) is 13.2 Å². The van der Waals surface area contributed by atoms with Crippen LogP contribution in [0.4, 0.5) is 0 Å². The second-order valence-electron chi connectivity index (χ2n) is 18.3. The zero-order valence-electron chi connectivity index (χ0n) is 34.1. The molecule has 2 heterocycles. The highest BCUT2D eigenvalue weighted by atomic mass is 16.5. The molecule has 55 heavy (non-hydrogen) atoms. The van der Waals surface area contributed by atoms with Crippen LogP contribution in [0, 0.1) is 35.5 Å². The van der Waals surface area contributed by atoms with Crippen LogP contribution >= 0.6 is 0 Å². The van der Waals surface area contributed by atoms with Crippen molar-refractivity contribution in [1.29, 1.82) is 0 Å². The number of hydrogen-bond donors (Lipinski definition) is 0. The van der Waals surface area contributed by atoms with Gasteiger partial charge in [0.2, 0.25) is 0 Å². The minimum atomic E-state index is -0.220. The Morgan fingerprint density at radius 1 is 0.527 bits per heavy atom. The fourth-order valence-corrected chi connectivity index (χ4v) is 8.24. The van der Waals surface area contributed by atoms with E-state index in [0.29, 0.717) is 17.9 Å². The number of benzene rings is 4. The van der Waals surface area contributed by atoms with Crippen molar-refractivity contribution in [2.45, 2.75) is 99.3 Å². The zero-order chi connectivity index (χ0) is 39.8. The maximum Gasteiger partial charge on any atom is 0.151 e. The minimum absolute atomic E-state index is 0.0690. The Morgan fingerprint density at radius 2 is 0.855 bits per heavy atom. The summed E-state index contributed by atoms with van der Waals surface area (Å²) in [4.78, 5) is 3.36. The largest absolute Gasteiger partial charge is 0.478 e. The predicted octanol–water partition coefficient (Wildman–Crippen LogP) is 10.2. The Balaban J connectivity index is 1.65. The minimum Gasteiger partial charge on any atom is -0.478 e. The molecule has 0 fully saturated rings. The van der Waals surface area contributed by atoms with Gasteiger partial charge in [-0.1, -0.05) is 117 Å². The lowest BCUT2D eigenvalue weighted by Gasteiger charge is -2.34. The van der Waals surface area contributed by atoms with Gasteiger partial charge in [0.05, 0.1) is 0 Å². The lowest BCUT2D eigenvalue weighted by Crippen LogP contribution is -2.26. The summed E-state index contributed by atoms with van der Waals surface area (Å²) in [7, 11) is 0. The average Bonchev–Trinajstić information content (AvgIpc) is 3.72. The molecule has 2 aromatic heterocycles. The third-order valence-corrected chi connectivity index (χ3v) is 9.78. The van der Waals surface area contributed by atoms with Gasteiger partial charge in [0.15, 0.2) is 11.5 Å². The maximum absolute atomic E-state index is 6.51. The number of aromatic nitrogens is 6. The first-order chi connectivity index (χ1) is 25.9. The lowest BCUT2D eigenvalue weighted by molar-refractivity contribution is 0.283. The van der Waals surface area contributed by atoms with Crippen molar-refractivity contribution < 1.29 is 9.47 Å². The molecular weight excluding hydrogens is 681 g/mol. The molecule has 284 valence electrons. The van der Waals surface area contributed by atoms with Crippen LogP contribution in [0.15, 0.2) is 72.8 Å². The van der Waals surface area contributed by atoms with Gasteiger partial charge in [0, 0.05) is 17.5 Å². The van der Waals surface area contributed by atoms with Gasteiger partial charge in [-0.15, -0.1) is 42.8 Å². The fraction of sp³-hybridized carbons (Fsp3) is 0.404. The molecule has 0 aliphatic carbocycles. The van der Waals surface area contributed by atoms with E-state index in [9.17, 15) is 0 Å². The number of hydrogen-bond acceptors (Lipinski definition) is 6. The van der Waals surface area contributed by atoms with Gasteiger partial charge in [-0.3, -0.25) is 0 Å². The van der Waals surface area contributed by atoms with Crippen molar-refractivity contribution in [3.05, 3.63) is 95.1 Å². The van der Waals surface area contributed by atoms with Gasteiger partial charge in [0.1, 0.15) is 46.7 Å². The molecule has 8 nitrogen and oxygen atoms in total. The monoisotopic (exact) mass is 734 g/mol. The standard InChI is InChI=1S/C47H54N6O2/c1-13-23-54-42-32(26-34(46(9,10)30-44(3,4)5)28-40(42)52-48-36-19-15-16-20-37(36)49-52)25-33-27-35(47(11,12)31-45(6,7)8)29-41(43(33)55-24-14-2)53-50-38-21-17-18-22-39(38)51-53/h1-2,15-22,26-29H,23-25,30-31H2,3-12H3. The lowest BCUT2D eigenvalue weighted by atomic mass is 9.71. The second-order valence-corrected chi connectivity index (χ2v) is 18.3. The molecule has 0 radical (unpaired) electrons. The summed E-state index contributed by atoms with van der Waals surface area (Å²) < 4.78 is 13.0. The van der Waals surface area contributed by atoms with Gasteiger partial charge in [0.25, 0.3) is 0 Å². The molecule has 0 spiro atoms. The van der Waals surface area contributed by atoms with E-state index in [2.05, 4.69) is 105 Å². The Hall–Kier alpha value is -5.60. The topological polar surface area (TPSA) is 79.9 Å². The first-order valence-electron chi connectivity index (χ1n) is 19.0. The summed E-state index contributed by atoms with van der Waals surface area (Å²) in [6.07, 6.45) is 14.0. The highest BCUT2D eigenvalue weighted by Crippen LogP contribution is 2.44. The summed E-state index contributed by atoms with van der Waals surface area (Å²) in [5, 5.41) is 19.7. The second kappa shape index (κ2) is 14.9. The van der Waals surface area contributed by atoms with Gasteiger partial charge >= 0.3 is 0 Å². The SMILES string of the molecule is C#CCOc1c(Cc2cc(C(C)(C)CC(C)(C)C)cc(-n3nc4ccccc4n3)c2OCC#C)cc(C(C)(C)CC(C)(C)C)cc1-n1nc2ccccc2n1. The number of nitrogens with zero attached hydrogens (tertiary/aromatic N) is 6. The molecule has 0 N–H and O–H groups in total. The molecule has 8 heteroatoms. The van der Waals surface area contributed by atoms with Crippen LogP contribution in [0.1, 0.15) is 104 Å². The molecule has 0 unspecified atom stereocenters. The summed E-state index contributed by atoms with van der Waals surface area (Å²) in [6, 6.07) is 24.5. The molecule has 6 aromatic rings. The molecule has 4 aromatic carbocycles. The summed E-state index contributed by atoms with van der Waals surface area (Å²) in [6.45, 7) is 23.0. The Labute approximate surface area is 326 Å². The van der Waals surface area contributed by atoms with Crippen LogP contribution in [-0.2, 0) is 17.3 Å². The molecule has 0 aliphatic heterocycles. The smallest absolute Gasteiger partial charge is 0.151 e. The molecule has 0 saturated heterocycles. The molecule has 0 amide bonds. The highest BCUT2D eigenvalue weighted by Gasteiger charge is 2.33. The van der Waals surface area contributed by atoms with Crippen LogP contribution < -0.4 is 9.47 Å². The van der Waals surface area contributed by atoms with Crippen molar-refractivity contribution in [3.63, 3.8) is 0 Å². The Morgan fingerprint density at radius 3 is 1.15 bits per heavy atom. The number of ether oxygens (including phenoxy) is 2. The van der Waals surface area contributed by atoms with Crippen molar-refractivity contribution in [2.24, 2.45) is 10.8 Å². The van der Waals surface area contributed by atoms with Crippen molar-refractivity contribution >= 4 is 22.1 Å². The van der Waals surface area contributed by atoms with E-state index in [-0.39, 0.29) is 34.9 Å². The van der Waals surface area contributed by atoms with Gasteiger partial charge in [-0.25, -0.2) is 0 Å². The van der Waals surface area contributed by atoms with Crippen LogP contribution in [0.3, 0.4) is 0 Å². The van der Waals surface area contributed by atoms with E-state index in [1.165, 1.54) is 0 Å². The quantitative estimate of drug-likeness (QED) is 0.117. The molecule has 0 aliphatic rings. The normalized spacial score (nSPS) is 12.5. The molecule has 6 rings (SSSR count). The van der Waals surface area contributed by atoms with Gasteiger partial charge in [-0.05, 0) is 82.0 Å². The number of fused-ring (bicyclic) bond motifs is 2. The predicted molar refractivity (Wildman–Crippen MR) is 223 cm³/mol. The first kappa shape index (κ1) is 39.1. The van der Waals surface area contributed by atoms with E-state index in [1.54, 1.807) is 9.59 Å². The Kier molecular flexibility index (Phi) is 10.6. The highest BCUT2D eigenvalue weighted by molar-refractivity contribution is 5.75. The zero-order valence-corrected chi connectivity index (χ0v) is 34.1. The van der Waals surface area contributed by atoms with Gasteiger partial charge in [-0.2, -0.15) is 0 Å². The molecular formula is C47H54N6O2. The van der Waals surface area contributed by atoms with Gasteiger partial charge < -0.3 is 9.47 Å². The number of terminal acetylenes is 2. The summed E-state index contributed by atoms with van der Waals surface area (Å²) >= 11 is 0. The Bertz CT molecular complexity index is 2190. The van der Waals surface area contributed by atoms with E-state index in [0.717, 1.165) is 68.5 Å². The first-order valence-corrected chi connectivity index (χ1v) is 19.0. The van der Waals surface area contributed by atoms with E-state index < -0.39 is 0 Å². The molecule has 0 saturated carbocycles. The average molecular weight is 735 g/mol. The molecule has 0 atom stereocenters. The third kappa shape index (κ3) is 8.87. The summed E-state index contributed by atoms with van der Waals surface area (Å²) in [5.74, 6) is 6.59. The van der Waals surface area contributed by atoms with E-state index in [4.69, 9.17) is 42.7 Å². The van der Waals surface area contributed by atoms with Crippen LogP contribution in [0.25, 0.3) is 33.4 Å². The van der Waals surface area contributed by atoms with E-state index >= 15 is 0 Å². The summed E-state index contributed by atoms with van der Waals surface area (Å²) in [5.41, 5.74) is 8.40. The molecule has 0 bridgehead atoms. The maximum atomic E-state index is 6.51.